The maximum Gasteiger partial charge on any atom is 0.328 e. The van der Waals surface area contributed by atoms with E-state index in [2.05, 4.69) is 10.3 Å². The van der Waals surface area contributed by atoms with E-state index < -0.39 is 17.4 Å². The zero-order valence-electron chi connectivity index (χ0n) is 11.1. The quantitative estimate of drug-likeness (QED) is 0.790. The van der Waals surface area contributed by atoms with E-state index in [1.54, 1.807) is 6.07 Å². The molecule has 19 heavy (non-hydrogen) atoms. The third kappa shape index (κ3) is 2.45. The number of aromatic amines is 1. The van der Waals surface area contributed by atoms with Gasteiger partial charge in [0.2, 0.25) is 0 Å². The fourth-order valence-corrected chi connectivity index (χ4v) is 1.83. The molecule has 0 unspecified atom stereocenters. The summed E-state index contributed by atoms with van der Waals surface area (Å²) in [5.41, 5.74) is 0.983. The molecule has 0 saturated carbocycles. The molecule has 1 heterocycles. The molecular weight excluding hydrogens is 244 g/mol. The number of carboxylic acid groups (broad SMARTS) is 1. The SMILES string of the molecule is Cc1cccc2cc(C(=O)NC(C)(C)C(=O)O)[nH]c12. The minimum Gasteiger partial charge on any atom is -0.480 e. The van der Waals surface area contributed by atoms with Gasteiger partial charge in [-0.25, -0.2) is 4.79 Å². The van der Waals surface area contributed by atoms with Crippen LogP contribution in [0.3, 0.4) is 0 Å². The molecule has 3 N–H and O–H groups in total. The molecule has 0 aliphatic heterocycles. The van der Waals surface area contributed by atoms with Crippen LogP contribution < -0.4 is 5.32 Å². The molecule has 5 heteroatoms. The smallest absolute Gasteiger partial charge is 0.328 e. The second-order valence-electron chi connectivity index (χ2n) is 5.11. The molecule has 0 aliphatic rings. The highest BCUT2D eigenvalue weighted by molar-refractivity contribution is 6.00. The number of aromatic nitrogens is 1. The predicted octanol–water partition coefficient (Wildman–Crippen LogP) is 2.07. The first-order valence-electron chi connectivity index (χ1n) is 5.95. The number of amides is 1. The van der Waals surface area contributed by atoms with E-state index in [9.17, 15) is 9.59 Å². The van der Waals surface area contributed by atoms with Gasteiger partial charge in [-0.1, -0.05) is 18.2 Å². The fraction of sp³-hybridized carbons (Fsp3) is 0.286. The highest BCUT2D eigenvalue weighted by Crippen LogP contribution is 2.19. The summed E-state index contributed by atoms with van der Waals surface area (Å²) in [6, 6.07) is 7.48. The van der Waals surface area contributed by atoms with Crippen LogP contribution in [-0.4, -0.2) is 27.5 Å². The first-order valence-corrected chi connectivity index (χ1v) is 5.95. The number of aliphatic carboxylic acids is 1. The number of rotatable bonds is 3. The van der Waals surface area contributed by atoms with Crippen LogP contribution in [0.5, 0.6) is 0 Å². The minimum absolute atomic E-state index is 0.360. The van der Waals surface area contributed by atoms with Gasteiger partial charge < -0.3 is 15.4 Å². The number of para-hydroxylation sites is 1. The summed E-state index contributed by atoms with van der Waals surface area (Å²) in [5, 5.41) is 12.4. The molecule has 0 saturated heterocycles. The zero-order valence-corrected chi connectivity index (χ0v) is 11.1. The largest absolute Gasteiger partial charge is 0.480 e. The maximum absolute atomic E-state index is 12.0. The Labute approximate surface area is 110 Å². The average molecular weight is 260 g/mol. The molecule has 5 nitrogen and oxygen atoms in total. The number of nitrogens with one attached hydrogen (secondary N) is 2. The standard InChI is InChI=1S/C14H16N2O3/c1-8-5-4-6-9-7-10(15-11(8)9)12(17)16-14(2,3)13(18)19/h4-7,15H,1-3H3,(H,16,17)(H,18,19). The van der Waals surface area contributed by atoms with Crippen LogP contribution in [0.15, 0.2) is 24.3 Å². The second-order valence-corrected chi connectivity index (χ2v) is 5.11. The molecular formula is C14H16N2O3. The summed E-state index contributed by atoms with van der Waals surface area (Å²) < 4.78 is 0. The van der Waals surface area contributed by atoms with Gasteiger partial charge in [0, 0.05) is 10.9 Å². The first kappa shape index (κ1) is 13.1. The number of aryl methyl sites for hydroxylation is 1. The summed E-state index contributed by atoms with van der Waals surface area (Å²) in [7, 11) is 0. The Balaban J connectivity index is 2.32. The van der Waals surface area contributed by atoms with Gasteiger partial charge in [0.15, 0.2) is 0 Å². The topological polar surface area (TPSA) is 82.2 Å². The molecule has 1 aromatic heterocycles. The third-order valence-electron chi connectivity index (χ3n) is 3.07. The van der Waals surface area contributed by atoms with Gasteiger partial charge in [-0.15, -0.1) is 0 Å². The normalized spacial score (nSPS) is 11.5. The molecule has 1 amide bonds. The molecule has 0 fully saturated rings. The van der Waals surface area contributed by atoms with Gasteiger partial charge in [0.05, 0.1) is 0 Å². The van der Waals surface area contributed by atoms with Crippen molar-refractivity contribution >= 4 is 22.8 Å². The van der Waals surface area contributed by atoms with Crippen molar-refractivity contribution in [2.75, 3.05) is 0 Å². The summed E-state index contributed by atoms with van der Waals surface area (Å²) in [6.07, 6.45) is 0. The van der Waals surface area contributed by atoms with Crippen molar-refractivity contribution in [2.45, 2.75) is 26.3 Å². The van der Waals surface area contributed by atoms with Crippen LogP contribution in [0.4, 0.5) is 0 Å². The van der Waals surface area contributed by atoms with Crippen molar-refractivity contribution in [3.05, 3.63) is 35.5 Å². The number of hydrogen-bond donors (Lipinski definition) is 3. The molecule has 1 aromatic carbocycles. The Bertz CT molecular complexity index is 656. The van der Waals surface area contributed by atoms with Crippen LogP contribution >= 0.6 is 0 Å². The number of carboxylic acids is 1. The van der Waals surface area contributed by atoms with Gasteiger partial charge in [0.25, 0.3) is 5.91 Å². The van der Waals surface area contributed by atoms with Crippen molar-refractivity contribution in [3.63, 3.8) is 0 Å². The molecule has 0 radical (unpaired) electrons. The number of carbonyl (C=O) groups excluding carboxylic acids is 1. The predicted molar refractivity (Wildman–Crippen MR) is 72.2 cm³/mol. The van der Waals surface area contributed by atoms with E-state index in [1.165, 1.54) is 13.8 Å². The molecule has 0 aliphatic carbocycles. The van der Waals surface area contributed by atoms with E-state index in [4.69, 9.17) is 5.11 Å². The lowest BCUT2D eigenvalue weighted by molar-refractivity contribution is -0.143. The first-order chi connectivity index (χ1) is 8.81. The van der Waals surface area contributed by atoms with E-state index in [0.29, 0.717) is 5.69 Å². The number of fused-ring (bicyclic) bond motifs is 1. The maximum atomic E-state index is 12.0. The van der Waals surface area contributed by atoms with Gasteiger partial charge in [-0.2, -0.15) is 0 Å². The van der Waals surface area contributed by atoms with E-state index in [0.717, 1.165) is 16.5 Å². The molecule has 2 aromatic rings. The fourth-order valence-electron chi connectivity index (χ4n) is 1.83. The van der Waals surface area contributed by atoms with E-state index >= 15 is 0 Å². The molecule has 2 rings (SSSR count). The summed E-state index contributed by atoms with van der Waals surface area (Å²) in [5.74, 6) is -1.50. The van der Waals surface area contributed by atoms with E-state index in [1.807, 2.05) is 25.1 Å². The Morgan fingerprint density at radius 2 is 2.00 bits per heavy atom. The monoisotopic (exact) mass is 260 g/mol. The Morgan fingerprint density at radius 3 is 2.58 bits per heavy atom. The van der Waals surface area contributed by atoms with Crippen LogP contribution in [0.25, 0.3) is 10.9 Å². The zero-order chi connectivity index (χ0) is 14.2. The lowest BCUT2D eigenvalue weighted by atomic mass is 10.1. The molecule has 100 valence electrons. The minimum atomic E-state index is -1.30. The van der Waals surface area contributed by atoms with Crippen molar-refractivity contribution in [3.8, 4) is 0 Å². The van der Waals surface area contributed by atoms with Crippen LogP contribution in [0.2, 0.25) is 0 Å². The van der Waals surface area contributed by atoms with Crippen molar-refractivity contribution < 1.29 is 14.7 Å². The average Bonchev–Trinajstić information content (AvgIpc) is 2.73. The van der Waals surface area contributed by atoms with Gasteiger partial charge in [-0.3, -0.25) is 4.79 Å². The van der Waals surface area contributed by atoms with Crippen molar-refractivity contribution in [1.29, 1.82) is 0 Å². The molecule has 0 spiro atoms. The van der Waals surface area contributed by atoms with Crippen molar-refractivity contribution in [1.82, 2.24) is 10.3 Å². The summed E-state index contributed by atoms with van der Waals surface area (Å²) in [4.78, 5) is 26.0. The summed E-state index contributed by atoms with van der Waals surface area (Å²) in [6.45, 7) is 4.84. The van der Waals surface area contributed by atoms with Gasteiger partial charge in [-0.05, 0) is 32.4 Å². The summed E-state index contributed by atoms with van der Waals surface area (Å²) >= 11 is 0. The number of hydrogen-bond acceptors (Lipinski definition) is 2. The molecule has 0 atom stereocenters. The van der Waals surface area contributed by atoms with E-state index in [-0.39, 0.29) is 0 Å². The van der Waals surface area contributed by atoms with Gasteiger partial charge in [0.1, 0.15) is 11.2 Å². The highest BCUT2D eigenvalue weighted by Gasteiger charge is 2.29. The van der Waals surface area contributed by atoms with Gasteiger partial charge >= 0.3 is 5.97 Å². The number of benzene rings is 1. The lowest BCUT2D eigenvalue weighted by Gasteiger charge is -2.20. The van der Waals surface area contributed by atoms with Crippen LogP contribution in [0.1, 0.15) is 29.9 Å². The Morgan fingerprint density at radius 1 is 1.32 bits per heavy atom. The lowest BCUT2D eigenvalue weighted by Crippen LogP contribution is -2.49. The number of H-pyrrole nitrogens is 1. The van der Waals surface area contributed by atoms with Crippen LogP contribution in [-0.2, 0) is 4.79 Å². The van der Waals surface area contributed by atoms with Crippen molar-refractivity contribution in [2.24, 2.45) is 0 Å². The Kier molecular flexibility index (Phi) is 3.06. The third-order valence-corrected chi connectivity index (χ3v) is 3.07. The number of carbonyl (C=O) groups is 2. The second kappa shape index (κ2) is 4.42. The van der Waals surface area contributed by atoms with Crippen LogP contribution in [0, 0.1) is 6.92 Å². The molecule has 0 bridgehead atoms. The Hall–Kier alpha value is -2.30. The highest BCUT2D eigenvalue weighted by atomic mass is 16.4.